The van der Waals surface area contributed by atoms with Crippen LogP contribution in [0.2, 0.25) is 0 Å². The molecule has 0 bridgehead atoms. The lowest BCUT2D eigenvalue weighted by Gasteiger charge is -2.22. The molecule has 0 spiro atoms. The van der Waals surface area contributed by atoms with Crippen LogP contribution in [0.25, 0.3) is 0 Å². The Hall–Kier alpha value is -4.20. The standard InChI is InChI=1S/C26H26N4O4/c31-25(20-9-6-10-22(17-20)30(33)34)28-21-11-12-24(29-15-4-5-16-29)23(18-21)26(32)27-14-13-19-7-2-1-3-8-19/h1-3,6-12,17-18H,4-5,13-16H2,(H,27,32)(H,28,31). The minimum absolute atomic E-state index is 0.157. The van der Waals surface area contributed by atoms with Crippen molar-refractivity contribution < 1.29 is 14.5 Å². The monoisotopic (exact) mass is 458 g/mol. The second-order valence-corrected chi connectivity index (χ2v) is 8.18. The van der Waals surface area contributed by atoms with Crippen molar-refractivity contribution in [1.29, 1.82) is 0 Å². The number of nitrogens with zero attached hydrogens (tertiary/aromatic N) is 2. The topological polar surface area (TPSA) is 105 Å². The summed E-state index contributed by atoms with van der Waals surface area (Å²) in [4.78, 5) is 38.5. The molecule has 2 N–H and O–H groups in total. The number of benzene rings is 3. The third-order valence-electron chi connectivity index (χ3n) is 5.81. The molecule has 0 atom stereocenters. The molecule has 0 aliphatic carbocycles. The number of hydrogen-bond donors (Lipinski definition) is 2. The summed E-state index contributed by atoms with van der Waals surface area (Å²) in [7, 11) is 0. The Morgan fingerprint density at radius 1 is 0.912 bits per heavy atom. The molecule has 2 amide bonds. The Morgan fingerprint density at radius 2 is 1.68 bits per heavy atom. The number of nitrogens with one attached hydrogen (secondary N) is 2. The molecule has 1 heterocycles. The minimum Gasteiger partial charge on any atom is -0.371 e. The molecule has 174 valence electrons. The van der Waals surface area contributed by atoms with E-state index in [-0.39, 0.29) is 17.2 Å². The predicted octanol–water partition coefficient (Wildman–Crippen LogP) is 4.42. The van der Waals surface area contributed by atoms with Gasteiger partial charge in [0.2, 0.25) is 0 Å². The number of amides is 2. The van der Waals surface area contributed by atoms with Crippen LogP contribution < -0.4 is 15.5 Å². The molecule has 4 rings (SSSR count). The van der Waals surface area contributed by atoms with E-state index < -0.39 is 10.8 Å². The van der Waals surface area contributed by atoms with Crippen molar-refractivity contribution in [1.82, 2.24) is 5.32 Å². The van der Waals surface area contributed by atoms with Gasteiger partial charge in [0, 0.05) is 48.7 Å². The maximum Gasteiger partial charge on any atom is 0.270 e. The highest BCUT2D eigenvalue weighted by molar-refractivity contribution is 6.06. The summed E-state index contributed by atoms with van der Waals surface area (Å²) in [6.45, 7) is 2.25. The quantitative estimate of drug-likeness (QED) is 0.384. The number of non-ortho nitro benzene ring substituents is 1. The van der Waals surface area contributed by atoms with Crippen LogP contribution in [-0.4, -0.2) is 36.4 Å². The Bertz CT molecular complexity index is 1190. The van der Waals surface area contributed by atoms with Crippen molar-refractivity contribution in [2.75, 3.05) is 29.9 Å². The molecule has 3 aromatic rings. The molecule has 0 unspecified atom stereocenters. The van der Waals surface area contributed by atoms with E-state index in [4.69, 9.17) is 0 Å². The van der Waals surface area contributed by atoms with Gasteiger partial charge in [-0.05, 0) is 49.1 Å². The van der Waals surface area contributed by atoms with Gasteiger partial charge in [-0.3, -0.25) is 19.7 Å². The van der Waals surface area contributed by atoms with E-state index in [0.717, 1.165) is 43.6 Å². The summed E-state index contributed by atoms with van der Waals surface area (Å²) in [6, 6.07) is 20.7. The number of nitro benzene ring substituents is 1. The highest BCUT2D eigenvalue weighted by Gasteiger charge is 2.21. The smallest absolute Gasteiger partial charge is 0.270 e. The molecule has 8 heteroatoms. The van der Waals surface area contributed by atoms with Crippen LogP contribution in [0.1, 0.15) is 39.1 Å². The van der Waals surface area contributed by atoms with E-state index in [9.17, 15) is 19.7 Å². The number of rotatable bonds is 8. The second kappa shape index (κ2) is 10.6. The van der Waals surface area contributed by atoms with Gasteiger partial charge >= 0.3 is 0 Å². The molecule has 34 heavy (non-hydrogen) atoms. The van der Waals surface area contributed by atoms with Gasteiger partial charge in [0.05, 0.1) is 10.5 Å². The fourth-order valence-corrected chi connectivity index (χ4v) is 4.05. The summed E-state index contributed by atoms with van der Waals surface area (Å²) in [6.07, 6.45) is 2.86. The van der Waals surface area contributed by atoms with Crippen LogP contribution in [0.3, 0.4) is 0 Å². The third kappa shape index (κ3) is 5.58. The Morgan fingerprint density at radius 3 is 2.41 bits per heavy atom. The fourth-order valence-electron chi connectivity index (χ4n) is 4.05. The van der Waals surface area contributed by atoms with Crippen LogP contribution >= 0.6 is 0 Å². The van der Waals surface area contributed by atoms with Crippen molar-refractivity contribution in [3.05, 3.63) is 99.6 Å². The average Bonchev–Trinajstić information content (AvgIpc) is 3.39. The fraction of sp³-hybridized carbons (Fsp3) is 0.231. The van der Waals surface area contributed by atoms with Gasteiger partial charge in [0.1, 0.15) is 0 Å². The highest BCUT2D eigenvalue weighted by atomic mass is 16.6. The molecule has 1 aliphatic rings. The summed E-state index contributed by atoms with van der Waals surface area (Å²) in [5.74, 6) is -0.683. The molecule has 0 radical (unpaired) electrons. The van der Waals surface area contributed by atoms with Crippen molar-refractivity contribution >= 4 is 28.9 Å². The second-order valence-electron chi connectivity index (χ2n) is 8.18. The van der Waals surface area contributed by atoms with Crippen LogP contribution in [0.5, 0.6) is 0 Å². The molecular weight excluding hydrogens is 432 g/mol. The van der Waals surface area contributed by atoms with Crippen molar-refractivity contribution in [2.45, 2.75) is 19.3 Å². The maximum atomic E-state index is 13.1. The first-order valence-electron chi connectivity index (χ1n) is 11.3. The minimum atomic E-state index is -0.542. The van der Waals surface area contributed by atoms with E-state index in [1.54, 1.807) is 12.1 Å². The van der Waals surface area contributed by atoms with Gasteiger partial charge < -0.3 is 15.5 Å². The molecule has 1 aliphatic heterocycles. The van der Waals surface area contributed by atoms with E-state index in [0.29, 0.717) is 17.8 Å². The van der Waals surface area contributed by atoms with E-state index in [2.05, 4.69) is 15.5 Å². The summed E-state index contributed by atoms with van der Waals surface area (Å²) < 4.78 is 0. The summed E-state index contributed by atoms with van der Waals surface area (Å²) in [5.41, 5.74) is 2.94. The first-order valence-corrected chi connectivity index (χ1v) is 11.3. The van der Waals surface area contributed by atoms with Crippen LogP contribution in [-0.2, 0) is 6.42 Å². The highest BCUT2D eigenvalue weighted by Crippen LogP contribution is 2.28. The number of carbonyl (C=O) groups excluding carboxylic acids is 2. The number of nitro groups is 1. The third-order valence-corrected chi connectivity index (χ3v) is 5.81. The molecular formula is C26H26N4O4. The molecule has 3 aromatic carbocycles. The van der Waals surface area contributed by atoms with Crippen LogP contribution in [0.15, 0.2) is 72.8 Å². The van der Waals surface area contributed by atoms with Gasteiger partial charge in [0.15, 0.2) is 0 Å². The normalized spacial score (nSPS) is 12.9. The number of carbonyl (C=O) groups is 2. The Labute approximate surface area is 197 Å². The van der Waals surface area contributed by atoms with Crippen molar-refractivity contribution in [3.8, 4) is 0 Å². The molecule has 0 aromatic heterocycles. The van der Waals surface area contributed by atoms with E-state index >= 15 is 0 Å². The first kappa shape index (κ1) is 23.0. The Kier molecular flexibility index (Phi) is 7.17. The largest absolute Gasteiger partial charge is 0.371 e. The Balaban J connectivity index is 1.52. The zero-order valence-corrected chi connectivity index (χ0v) is 18.7. The van der Waals surface area contributed by atoms with Gasteiger partial charge in [0.25, 0.3) is 17.5 Å². The molecule has 1 fully saturated rings. The molecule has 8 nitrogen and oxygen atoms in total. The predicted molar refractivity (Wildman–Crippen MR) is 131 cm³/mol. The van der Waals surface area contributed by atoms with Crippen LogP contribution in [0, 0.1) is 10.1 Å². The zero-order chi connectivity index (χ0) is 23.9. The van der Waals surface area contributed by atoms with Crippen LogP contribution in [0.4, 0.5) is 17.1 Å². The lowest BCUT2D eigenvalue weighted by Crippen LogP contribution is -2.29. The average molecular weight is 459 g/mol. The SMILES string of the molecule is O=C(Nc1ccc(N2CCCC2)c(C(=O)NCCc2ccccc2)c1)c1cccc([N+](=O)[O-])c1. The molecule has 0 saturated carbocycles. The number of hydrogen-bond acceptors (Lipinski definition) is 5. The number of anilines is 2. The van der Waals surface area contributed by atoms with E-state index in [1.807, 2.05) is 36.4 Å². The van der Waals surface area contributed by atoms with Gasteiger partial charge in [-0.2, -0.15) is 0 Å². The van der Waals surface area contributed by atoms with Gasteiger partial charge in [-0.1, -0.05) is 36.4 Å². The zero-order valence-electron chi connectivity index (χ0n) is 18.7. The summed E-state index contributed by atoms with van der Waals surface area (Å²) >= 11 is 0. The lowest BCUT2D eigenvalue weighted by molar-refractivity contribution is -0.384. The van der Waals surface area contributed by atoms with Gasteiger partial charge in [-0.15, -0.1) is 0 Å². The van der Waals surface area contributed by atoms with Crippen molar-refractivity contribution in [2.24, 2.45) is 0 Å². The summed E-state index contributed by atoms with van der Waals surface area (Å²) in [5, 5.41) is 16.8. The molecule has 1 saturated heterocycles. The van der Waals surface area contributed by atoms with E-state index in [1.165, 1.54) is 24.3 Å². The maximum absolute atomic E-state index is 13.1. The van der Waals surface area contributed by atoms with Crippen molar-refractivity contribution in [3.63, 3.8) is 0 Å². The lowest BCUT2D eigenvalue weighted by atomic mass is 10.1. The first-order chi connectivity index (χ1) is 16.5. The van der Waals surface area contributed by atoms with Gasteiger partial charge in [-0.25, -0.2) is 0 Å².